The fourth-order valence-electron chi connectivity index (χ4n) is 1.27. The molecular weight excluding hydrogens is 208 g/mol. The molecule has 0 aromatic heterocycles. The highest BCUT2D eigenvalue weighted by atomic mass is 32.2. The van der Waals surface area contributed by atoms with Gasteiger partial charge in [0.2, 0.25) is 0 Å². The van der Waals surface area contributed by atoms with Gasteiger partial charge in [0.05, 0.1) is 6.61 Å². The predicted octanol–water partition coefficient (Wildman–Crippen LogP) is 2.70. The van der Waals surface area contributed by atoms with Crippen LogP contribution < -0.4 is 0 Å². The molecule has 1 N–H and O–H groups in total. The number of thioether (sulfide) groups is 1. The maximum Gasteiger partial charge on any atom is 0.0682 e. The van der Waals surface area contributed by atoms with Gasteiger partial charge >= 0.3 is 0 Å². The van der Waals surface area contributed by atoms with Crippen LogP contribution in [0.1, 0.15) is 18.4 Å². The highest BCUT2D eigenvalue weighted by Gasteiger charge is 1.96. The van der Waals surface area contributed by atoms with Crippen molar-refractivity contribution in [1.82, 2.24) is 0 Å². The van der Waals surface area contributed by atoms with Crippen molar-refractivity contribution in [1.29, 1.82) is 0 Å². The van der Waals surface area contributed by atoms with Gasteiger partial charge in [-0.15, -0.1) is 11.8 Å². The largest absolute Gasteiger partial charge is 0.392 e. The van der Waals surface area contributed by atoms with Gasteiger partial charge in [-0.25, -0.2) is 0 Å². The van der Waals surface area contributed by atoms with Crippen LogP contribution in [0.4, 0.5) is 0 Å². The van der Waals surface area contributed by atoms with Crippen molar-refractivity contribution in [3.63, 3.8) is 0 Å². The number of methoxy groups -OCH3 is 1. The van der Waals surface area contributed by atoms with Crippen LogP contribution in [0.2, 0.25) is 0 Å². The minimum absolute atomic E-state index is 0.123. The summed E-state index contributed by atoms with van der Waals surface area (Å²) in [6.45, 7) is 0.968. The van der Waals surface area contributed by atoms with Crippen LogP contribution in [0.25, 0.3) is 0 Å². The van der Waals surface area contributed by atoms with E-state index in [2.05, 4.69) is 6.07 Å². The molecule has 2 nitrogen and oxygen atoms in total. The number of aliphatic hydroxyl groups excluding tert-OH is 1. The van der Waals surface area contributed by atoms with Gasteiger partial charge in [-0.1, -0.05) is 12.1 Å². The molecule has 0 radical (unpaired) electrons. The molecule has 0 heterocycles. The number of rotatable bonds is 7. The maximum atomic E-state index is 8.98. The maximum absolute atomic E-state index is 8.98. The number of ether oxygens (including phenoxy) is 1. The first kappa shape index (κ1) is 12.6. The number of aliphatic hydroxyl groups is 1. The summed E-state index contributed by atoms with van der Waals surface area (Å²) in [5.41, 5.74) is 0.983. The zero-order chi connectivity index (χ0) is 10.9. The lowest BCUT2D eigenvalue weighted by atomic mass is 10.2. The predicted molar refractivity (Wildman–Crippen MR) is 64.2 cm³/mol. The lowest BCUT2D eigenvalue weighted by molar-refractivity contribution is 0.194. The van der Waals surface area contributed by atoms with Gasteiger partial charge in [0.25, 0.3) is 0 Å². The average Bonchev–Trinajstić information content (AvgIpc) is 2.29. The minimum Gasteiger partial charge on any atom is -0.392 e. The fraction of sp³-hybridized carbons (Fsp3) is 0.500. The number of benzene rings is 1. The van der Waals surface area contributed by atoms with Crippen molar-refractivity contribution >= 4 is 11.8 Å². The Bertz CT molecular complexity index is 276. The quantitative estimate of drug-likeness (QED) is 0.572. The number of hydrogen-bond acceptors (Lipinski definition) is 3. The van der Waals surface area contributed by atoms with Gasteiger partial charge in [-0.2, -0.15) is 0 Å². The summed E-state index contributed by atoms with van der Waals surface area (Å²) in [5, 5.41) is 8.98. The molecule has 0 aliphatic carbocycles. The second-order valence-corrected chi connectivity index (χ2v) is 4.52. The summed E-state index contributed by atoms with van der Waals surface area (Å²) in [6.07, 6.45) is 2.28. The Labute approximate surface area is 95.7 Å². The van der Waals surface area contributed by atoms with E-state index in [1.165, 1.54) is 11.3 Å². The normalized spacial score (nSPS) is 10.5. The molecule has 1 rings (SSSR count). The summed E-state index contributed by atoms with van der Waals surface area (Å²) >= 11 is 1.83. The van der Waals surface area contributed by atoms with E-state index in [-0.39, 0.29) is 6.61 Å². The Morgan fingerprint density at radius 2 is 2.20 bits per heavy atom. The van der Waals surface area contributed by atoms with Gasteiger partial charge in [0.15, 0.2) is 0 Å². The molecule has 0 saturated carbocycles. The van der Waals surface area contributed by atoms with Crippen molar-refractivity contribution < 1.29 is 9.84 Å². The first-order valence-electron chi connectivity index (χ1n) is 5.18. The highest BCUT2D eigenvalue weighted by molar-refractivity contribution is 7.99. The van der Waals surface area contributed by atoms with E-state index in [4.69, 9.17) is 9.84 Å². The summed E-state index contributed by atoms with van der Waals surface area (Å²) in [4.78, 5) is 1.24. The van der Waals surface area contributed by atoms with Crippen LogP contribution >= 0.6 is 11.8 Å². The van der Waals surface area contributed by atoms with Crippen molar-refractivity contribution in [2.24, 2.45) is 0 Å². The monoisotopic (exact) mass is 226 g/mol. The fourth-order valence-corrected chi connectivity index (χ4v) is 2.27. The number of hydrogen-bond donors (Lipinski definition) is 1. The van der Waals surface area contributed by atoms with E-state index in [1.54, 1.807) is 7.11 Å². The molecule has 0 bridgehead atoms. The van der Waals surface area contributed by atoms with E-state index in [1.807, 2.05) is 30.0 Å². The van der Waals surface area contributed by atoms with Gasteiger partial charge in [-0.05, 0) is 36.3 Å². The van der Waals surface area contributed by atoms with Gasteiger partial charge in [0, 0.05) is 18.6 Å². The van der Waals surface area contributed by atoms with Crippen molar-refractivity contribution in [3.8, 4) is 0 Å². The molecule has 84 valence electrons. The molecule has 0 amide bonds. The highest BCUT2D eigenvalue weighted by Crippen LogP contribution is 2.20. The van der Waals surface area contributed by atoms with Crippen LogP contribution in [0.5, 0.6) is 0 Å². The lowest BCUT2D eigenvalue weighted by Gasteiger charge is -2.03. The number of unbranched alkanes of at least 4 members (excludes halogenated alkanes) is 1. The summed E-state index contributed by atoms with van der Waals surface area (Å²) in [6, 6.07) is 8.05. The standard InChI is InChI=1S/C12H18O2S/c1-14-7-2-3-8-15-12-6-4-5-11(9-12)10-13/h4-6,9,13H,2-3,7-8,10H2,1H3. The Morgan fingerprint density at radius 1 is 1.33 bits per heavy atom. The Kier molecular flexibility index (Phi) is 6.48. The topological polar surface area (TPSA) is 29.5 Å². The average molecular weight is 226 g/mol. The van der Waals surface area contributed by atoms with Crippen LogP contribution in [0, 0.1) is 0 Å². The Balaban J connectivity index is 2.24. The molecular formula is C12H18O2S. The summed E-state index contributed by atoms with van der Waals surface area (Å²) < 4.78 is 4.99. The molecule has 1 aromatic carbocycles. The molecule has 0 saturated heterocycles. The molecule has 0 fully saturated rings. The molecule has 0 aliphatic heterocycles. The molecule has 15 heavy (non-hydrogen) atoms. The molecule has 0 aliphatic rings. The molecule has 1 aromatic rings. The van der Waals surface area contributed by atoms with Crippen molar-refractivity contribution in [2.45, 2.75) is 24.3 Å². The van der Waals surface area contributed by atoms with E-state index >= 15 is 0 Å². The molecule has 0 atom stereocenters. The third-order valence-corrected chi connectivity index (χ3v) is 3.17. The third kappa shape index (κ3) is 5.21. The van der Waals surface area contributed by atoms with Crippen LogP contribution in [0.3, 0.4) is 0 Å². The Hall–Kier alpha value is -0.510. The SMILES string of the molecule is COCCCCSc1cccc(CO)c1. The summed E-state index contributed by atoms with van der Waals surface area (Å²) in [5.74, 6) is 1.11. The molecule has 0 unspecified atom stereocenters. The van der Waals surface area contributed by atoms with Crippen LogP contribution in [0.15, 0.2) is 29.2 Å². The summed E-state index contributed by atoms with van der Waals surface area (Å²) in [7, 11) is 1.73. The van der Waals surface area contributed by atoms with Gasteiger partial charge < -0.3 is 9.84 Å². The van der Waals surface area contributed by atoms with Crippen LogP contribution in [-0.2, 0) is 11.3 Å². The first-order chi connectivity index (χ1) is 7.36. The van der Waals surface area contributed by atoms with Crippen molar-refractivity contribution in [2.75, 3.05) is 19.5 Å². The second-order valence-electron chi connectivity index (χ2n) is 3.35. The van der Waals surface area contributed by atoms with E-state index in [9.17, 15) is 0 Å². The van der Waals surface area contributed by atoms with Crippen molar-refractivity contribution in [3.05, 3.63) is 29.8 Å². The molecule has 3 heteroatoms. The lowest BCUT2D eigenvalue weighted by Crippen LogP contribution is -1.90. The Morgan fingerprint density at radius 3 is 2.93 bits per heavy atom. The first-order valence-corrected chi connectivity index (χ1v) is 6.17. The third-order valence-electron chi connectivity index (χ3n) is 2.09. The van der Waals surface area contributed by atoms with E-state index in [0.717, 1.165) is 24.3 Å². The van der Waals surface area contributed by atoms with Gasteiger partial charge in [0.1, 0.15) is 0 Å². The molecule has 0 spiro atoms. The van der Waals surface area contributed by atoms with E-state index in [0.29, 0.717) is 0 Å². The van der Waals surface area contributed by atoms with Gasteiger partial charge in [-0.3, -0.25) is 0 Å². The van der Waals surface area contributed by atoms with Crippen LogP contribution in [-0.4, -0.2) is 24.6 Å². The minimum atomic E-state index is 0.123. The smallest absolute Gasteiger partial charge is 0.0682 e. The zero-order valence-electron chi connectivity index (χ0n) is 9.11. The zero-order valence-corrected chi connectivity index (χ0v) is 9.93. The second kappa shape index (κ2) is 7.74. The van der Waals surface area contributed by atoms with E-state index < -0.39 is 0 Å².